The molecule has 4 rings (SSSR count). The number of sulfonamides is 1. The molecule has 2 aromatic rings. The van der Waals surface area contributed by atoms with Crippen LogP contribution in [-0.2, 0) is 20.9 Å². The van der Waals surface area contributed by atoms with E-state index < -0.39 is 38.9 Å². The summed E-state index contributed by atoms with van der Waals surface area (Å²) in [7, 11) is -4.46. The van der Waals surface area contributed by atoms with Gasteiger partial charge in [-0.2, -0.15) is 13.2 Å². The zero-order chi connectivity index (χ0) is 24.7. The minimum absolute atomic E-state index is 0.0121. The molecule has 2 aliphatic rings. The van der Waals surface area contributed by atoms with E-state index in [0.29, 0.717) is 19.3 Å². The third-order valence-corrected chi connectivity index (χ3v) is 7.26. The average Bonchev–Trinajstić information content (AvgIpc) is 2.75. The summed E-state index contributed by atoms with van der Waals surface area (Å²) < 4.78 is 78.7. The molecule has 1 amide bonds. The Morgan fingerprint density at radius 2 is 1.97 bits per heavy atom. The average molecular weight is 501 g/mol. The predicted molar refractivity (Wildman–Crippen MR) is 116 cm³/mol. The lowest BCUT2D eigenvalue weighted by molar-refractivity contribution is -0.137. The highest BCUT2D eigenvalue weighted by Gasteiger charge is 2.39. The van der Waals surface area contributed by atoms with Gasteiger partial charge in [0.05, 0.1) is 41.4 Å². The smallest absolute Gasteiger partial charge is 0.416 e. The molecule has 2 aliphatic heterocycles. The zero-order valence-corrected chi connectivity index (χ0v) is 18.7. The van der Waals surface area contributed by atoms with Crippen molar-refractivity contribution < 1.29 is 41.0 Å². The number of carbonyl (C=O) groups is 1. The Kier molecular flexibility index (Phi) is 6.12. The van der Waals surface area contributed by atoms with Crippen molar-refractivity contribution in [2.24, 2.45) is 0 Å². The molecule has 0 spiro atoms. The highest BCUT2D eigenvalue weighted by Crippen LogP contribution is 2.40. The van der Waals surface area contributed by atoms with Crippen LogP contribution in [0, 0.1) is 0 Å². The summed E-state index contributed by atoms with van der Waals surface area (Å²) in [5.74, 6) is 0.152. The van der Waals surface area contributed by atoms with Gasteiger partial charge in [-0.3, -0.25) is 9.62 Å². The summed E-state index contributed by atoms with van der Waals surface area (Å²) in [6.07, 6.45) is -6.74. The van der Waals surface area contributed by atoms with Crippen LogP contribution in [-0.4, -0.2) is 57.6 Å². The van der Waals surface area contributed by atoms with E-state index in [0.717, 1.165) is 22.5 Å². The Labute approximate surface area is 193 Å². The van der Waals surface area contributed by atoms with Crippen molar-refractivity contribution in [3.05, 3.63) is 48.0 Å². The molecule has 0 saturated carbocycles. The molecule has 1 unspecified atom stereocenters. The number of alkyl halides is 3. The van der Waals surface area contributed by atoms with Crippen LogP contribution < -0.4 is 19.7 Å². The summed E-state index contributed by atoms with van der Waals surface area (Å²) >= 11 is 0. The number of ether oxygens (including phenoxy) is 2. The molecule has 184 valence electrons. The molecule has 0 bridgehead atoms. The van der Waals surface area contributed by atoms with E-state index in [-0.39, 0.29) is 35.8 Å². The first kappa shape index (κ1) is 24.1. The van der Waals surface area contributed by atoms with Crippen LogP contribution in [0.3, 0.4) is 0 Å². The molecule has 1 atom stereocenters. The Morgan fingerprint density at radius 3 is 2.59 bits per heavy atom. The molecule has 2 aromatic carbocycles. The van der Waals surface area contributed by atoms with E-state index in [4.69, 9.17) is 14.6 Å². The summed E-state index contributed by atoms with van der Waals surface area (Å²) in [5.41, 5.74) is -1.30. The number of rotatable bonds is 6. The molecule has 34 heavy (non-hydrogen) atoms. The van der Waals surface area contributed by atoms with Crippen molar-refractivity contribution in [2.45, 2.75) is 29.6 Å². The fourth-order valence-corrected chi connectivity index (χ4v) is 5.22. The van der Waals surface area contributed by atoms with Crippen LogP contribution in [0.5, 0.6) is 5.75 Å². The Bertz CT molecular complexity index is 1200. The summed E-state index contributed by atoms with van der Waals surface area (Å²) in [6.45, 7) is 2.95. The van der Waals surface area contributed by atoms with Crippen molar-refractivity contribution in [1.29, 1.82) is 0 Å². The van der Waals surface area contributed by atoms with Gasteiger partial charge in [0.2, 0.25) is 0 Å². The number of carboxylic acid groups (broad SMARTS) is 1. The SMILES string of the molecule is CC1(NCC2CN(S(=O)(=O)c3cccc(C(F)(F)F)c3)c3cc(NC(=O)O)ccc3O2)COC1. The largest absolute Gasteiger partial charge is 0.485 e. The fraction of sp³-hybridized carbons (Fsp3) is 0.381. The normalized spacial score (nSPS) is 19.5. The van der Waals surface area contributed by atoms with Gasteiger partial charge in [0.25, 0.3) is 10.0 Å². The maximum atomic E-state index is 13.5. The van der Waals surface area contributed by atoms with Crippen molar-refractivity contribution in [3.8, 4) is 5.75 Å². The Hall–Kier alpha value is -3.03. The van der Waals surface area contributed by atoms with E-state index in [1.807, 2.05) is 6.92 Å². The standard InChI is InChI=1S/C21H22F3N3O6S/c1-20(11-32-12-20)25-9-15-10-27(17-8-14(26-19(28)29)5-6-18(17)33-15)34(30,31)16-4-2-3-13(7-16)21(22,23)24/h2-8,15,25-26H,9-12H2,1H3,(H,28,29). The van der Waals surface area contributed by atoms with Gasteiger partial charge in [0.15, 0.2) is 0 Å². The predicted octanol–water partition coefficient (Wildman–Crippen LogP) is 3.13. The van der Waals surface area contributed by atoms with Gasteiger partial charge in [-0.15, -0.1) is 0 Å². The van der Waals surface area contributed by atoms with Gasteiger partial charge in [-0.1, -0.05) is 6.07 Å². The summed E-state index contributed by atoms with van der Waals surface area (Å²) in [6, 6.07) is 7.54. The second kappa shape index (κ2) is 8.64. The lowest BCUT2D eigenvalue weighted by atomic mass is 10.0. The number of amides is 1. The molecule has 0 aliphatic carbocycles. The Morgan fingerprint density at radius 1 is 1.24 bits per heavy atom. The molecule has 13 heteroatoms. The molecule has 3 N–H and O–H groups in total. The molecular weight excluding hydrogens is 479 g/mol. The van der Waals surface area contributed by atoms with Gasteiger partial charge in [-0.25, -0.2) is 13.2 Å². The van der Waals surface area contributed by atoms with Gasteiger partial charge >= 0.3 is 12.3 Å². The second-order valence-electron chi connectivity index (χ2n) is 8.35. The number of fused-ring (bicyclic) bond motifs is 1. The molecule has 1 saturated heterocycles. The number of anilines is 2. The number of hydrogen-bond acceptors (Lipinski definition) is 6. The van der Waals surface area contributed by atoms with Crippen molar-refractivity contribution in [1.82, 2.24) is 5.32 Å². The first-order chi connectivity index (χ1) is 15.9. The minimum Gasteiger partial charge on any atom is -0.485 e. The van der Waals surface area contributed by atoms with Crippen LogP contribution in [0.2, 0.25) is 0 Å². The van der Waals surface area contributed by atoms with Crippen LogP contribution in [0.4, 0.5) is 29.3 Å². The third-order valence-electron chi connectivity index (χ3n) is 5.49. The molecule has 0 aromatic heterocycles. The van der Waals surface area contributed by atoms with Crippen LogP contribution >= 0.6 is 0 Å². The van der Waals surface area contributed by atoms with Crippen molar-refractivity contribution in [2.75, 3.05) is 35.9 Å². The second-order valence-corrected chi connectivity index (χ2v) is 10.2. The first-order valence-corrected chi connectivity index (χ1v) is 11.6. The topological polar surface area (TPSA) is 117 Å². The van der Waals surface area contributed by atoms with Crippen LogP contribution in [0.1, 0.15) is 12.5 Å². The van der Waals surface area contributed by atoms with Gasteiger partial charge in [0, 0.05) is 12.2 Å². The van der Waals surface area contributed by atoms with E-state index >= 15 is 0 Å². The van der Waals surface area contributed by atoms with E-state index in [9.17, 15) is 26.4 Å². The quantitative estimate of drug-likeness (QED) is 0.557. The highest BCUT2D eigenvalue weighted by molar-refractivity contribution is 7.92. The lowest BCUT2D eigenvalue weighted by Crippen LogP contribution is -2.61. The van der Waals surface area contributed by atoms with E-state index in [1.54, 1.807) is 0 Å². The lowest BCUT2D eigenvalue weighted by Gasteiger charge is -2.41. The first-order valence-electron chi connectivity index (χ1n) is 10.2. The third kappa shape index (κ3) is 4.91. The maximum Gasteiger partial charge on any atom is 0.416 e. The summed E-state index contributed by atoms with van der Waals surface area (Å²) in [5, 5.41) is 14.4. The van der Waals surface area contributed by atoms with Crippen LogP contribution in [0.25, 0.3) is 0 Å². The fourth-order valence-electron chi connectivity index (χ4n) is 3.68. The minimum atomic E-state index is -4.72. The highest BCUT2D eigenvalue weighted by atomic mass is 32.2. The molecule has 1 fully saturated rings. The number of hydrogen-bond donors (Lipinski definition) is 3. The van der Waals surface area contributed by atoms with E-state index in [1.165, 1.54) is 18.2 Å². The zero-order valence-electron chi connectivity index (χ0n) is 17.9. The number of nitrogens with zero attached hydrogens (tertiary/aromatic N) is 1. The molecule has 2 heterocycles. The van der Waals surface area contributed by atoms with Crippen LogP contribution in [0.15, 0.2) is 47.4 Å². The van der Waals surface area contributed by atoms with Gasteiger partial charge < -0.3 is 19.9 Å². The number of halogens is 3. The number of nitrogens with one attached hydrogen (secondary N) is 2. The Balaban J connectivity index is 1.71. The monoisotopic (exact) mass is 501 g/mol. The maximum absolute atomic E-state index is 13.5. The molecule has 9 nitrogen and oxygen atoms in total. The molecule has 0 radical (unpaired) electrons. The molecular formula is C21H22F3N3O6S. The summed E-state index contributed by atoms with van der Waals surface area (Å²) in [4.78, 5) is 10.5. The van der Waals surface area contributed by atoms with Crippen molar-refractivity contribution >= 4 is 27.5 Å². The number of benzene rings is 2. The van der Waals surface area contributed by atoms with Gasteiger partial charge in [-0.05, 0) is 43.3 Å². The van der Waals surface area contributed by atoms with Gasteiger partial charge in [0.1, 0.15) is 11.9 Å². The van der Waals surface area contributed by atoms with Crippen molar-refractivity contribution in [3.63, 3.8) is 0 Å². The van der Waals surface area contributed by atoms with E-state index in [2.05, 4.69) is 10.6 Å².